The number of anilines is 1. The fraction of sp³-hybridized carbons (Fsp3) is 0.667. The first-order valence-electron chi connectivity index (χ1n) is 9.61. The predicted molar refractivity (Wildman–Crippen MR) is 103 cm³/mol. The molecule has 2 aliphatic rings. The van der Waals surface area contributed by atoms with Gasteiger partial charge in [-0.15, -0.1) is 0 Å². The molecule has 1 aliphatic heterocycles. The van der Waals surface area contributed by atoms with Crippen molar-refractivity contribution >= 4 is 22.8 Å². The first-order chi connectivity index (χ1) is 12.7. The van der Waals surface area contributed by atoms with E-state index in [4.69, 9.17) is 4.99 Å². The zero-order valence-electron chi connectivity index (χ0n) is 15.7. The van der Waals surface area contributed by atoms with Gasteiger partial charge in [0, 0.05) is 33.2 Å². The smallest absolute Gasteiger partial charge is 0.193 e. The minimum Gasteiger partial charge on any atom is -0.367 e. The third kappa shape index (κ3) is 3.20. The molecular weight excluding hydrogens is 328 g/mol. The van der Waals surface area contributed by atoms with Gasteiger partial charge in [-0.2, -0.15) is 5.10 Å². The van der Waals surface area contributed by atoms with Crippen LogP contribution in [0, 0.1) is 5.41 Å². The quantitative estimate of drug-likeness (QED) is 0.481. The van der Waals surface area contributed by atoms with Crippen LogP contribution in [0.3, 0.4) is 0 Å². The Labute approximate surface area is 154 Å². The number of rotatable bonds is 5. The van der Waals surface area contributed by atoms with Crippen LogP contribution in [-0.4, -0.2) is 63.3 Å². The summed E-state index contributed by atoms with van der Waals surface area (Å²) in [4.78, 5) is 15.9. The normalized spacial score (nSPS) is 19.2. The summed E-state index contributed by atoms with van der Waals surface area (Å²) in [6, 6.07) is 0. The van der Waals surface area contributed by atoms with Crippen molar-refractivity contribution in [1.82, 2.24) is 30.0 Å². The minimum atomic E-state index is 0.585. The molecule has 2 aromatic rings. The maximum atomic E-state index is 4.82. The number of likely N-dealkylation sites (tertiary alicyclic amines) is 1. The molecule has 8 nitrogen and oxygen atoms in total. The second-order valence-electron chi connectivity index (χ2n) is 7.42. The molecule has 26 heavy (non-hydrogen) atoms. The van der Waals surface area contributed by atoms with Gasteiger partial charge in [-0.05, 0) is 31.6 Å². The lowest BCUT2D eigenvalue weighted by molar-refractivity contribution is 0.151. The van der Waals surface area contributed by atoms with Crippen LogP contribution in [0.2, 0.25) is 0 Å². The topological polar surface area (TPSA) is 83.3 Å². The molecule has 140 valence electrons. The van der Waals surface area contributed by atoms with Gasteiger partial charge in [0.2, 0.25) is 0 Å². The minimum absolute atomic E-state index is 0.585. The molecule has 0 atom stereocenters. The van der Waals surface area contributed by atoms with Gasteiger partial charge in [0.25, 0.3) is 0 Å². The Kier molecular flexibility index (Phi) is 4.65. The zero-order valence-corrected chi connectivity index (χ0v) is 15.7. The monoisotopic (exact) mass is 356 g/mol. The maximum absolute atomic E-state index is 4.82. The standard InChI is InChI=1S/C18H28N8/c1-3-19-17(26-10-7-18(12-26)5-4-6-18)21-9-8-20-15-14-11-24-25(2)16(14)23-13-22-15/h11,13H,3-10,12H2,1-2H3,(H,19,21)(H,20,22,23). The first kappa shape index (κ1) is 17.1. The predicted octanol–water partition coefficient (Wildman–Crippen LogP) is 1.62. The molecule has 0 bridgehead atoms. The Bertz CT molecular complexity index is 792. The van der Waals surface area contributed by atoms with Gasteiger partial charge < -0.3 is 15.5 Å². The van der Waals surface area contributed by atoms with E-state index in [-0.39, 0.29) is 0 Å². The third-order valence-electron chi connectivity index (χ3n) is 5.68. The summed E-state index contributed by atoms with van der Waals surface area (Å²) >= 11 is 0. The Morgan fingerprint density at radius 3 is 2.92 bits per heavy atom. The van der Waals surface area contributed by atoms with Crippen molar-refractivity contribution in [3.63, 3.8) is 0 Å². The largest absolute Gasteiger partial charge is 0.367 e. The number of aryl methyl sites for hydroxylation is 1. The van der Waals surface area contributed by atoms with Crippen LogP contribution < -0.4 is 10.6 Å². The van der Waals surface area contributed by atoms with E-state index in [2.05, 4.69) is 37.5 Å². The highest BCUT2D eigenvalue weighted by Crippen LogP contribution is 2.47. The van der Waals surface area contributed by atoms with E-state index in [0.717, 1.165) is 49.0 Å². The molecule has 0 aromatic carbocycles. The van der Waals surface area contributed by atoms with E-state index in [1.807, 2.05) is 7.05 Å². The molecule has 1 saturated heterocycles. The molecule has 4 rings (SSSR count). The van der Waals surface area contributed by atoms with Crippen LogP contribution in [0.15, 0.2) is 17.5 Å². The van der Waals surface area contributed by atoms with Crippen LogP contribution in [-0.2, 0) is 7.05 Å². The summed E-state index contributed by atoms with van der Waals surface area (Å²) in [5, 5.41) is 12.0. The molecule has 8 heteroatoms. The number of hydrogen-bond acceptors (Lipinski definition) is 5. The summed E-state index contributed by atoms with van der Waals surface area (Å²) in [6.45, 7) is 6.75. The number of guanidine groups is 1. The molecule has 1 aliphatic carbocycles. The van der Waals surface area contributed by atoms with Gasteiger partial charge in [-0.1, -0.05) is 6.42 Å². The van der Waals surface area contributed by atoms with Crippen LogP contribution in [0.5, 0.6) is 0 Å². The maximum Gasteiger partial charge on any atom is 0.193 e. The Morgan fingerprint density at radius 2 is 2.19 bits per heavy atom. The van der Waals surface area contributed by atoms with Crippen LogP contribution >= 0.6 is 0 Å². The van der Waals surface area contributed by atoms with Crippen LogP contribution in [0.1, 0.15) is 32.6 Å². The summed E-state index contributed by atoms with van der Waals surface area (Å²) in [7, 11) is 1.89. The Hall–Kier alpha value is -2.38. The number of nitrogens with one attached hydrogen (secondary N) is 2. The number of aliphatic imine (C=N–C) groups is 1. The summed E-state index contributed by atoms with van der Waals surface area (Å²) in [5.74, 6) is 1.87. The van der Waals surface area contributed by atoms with Crippen LogP contribution in [0.25, 0.3) is 11.0 Å². The molecule has 3 heterocycles. The molecule has 1 saturated carbocycles. The fourth-order valence-electron chi connectivity index (χ4n) is 4.07. The highest BCUT2D eigenvalue weighted by Gasteiger charge is 2.43. The summed E-state index contributed by atoms with van der Waals surface area (Å²) in [5.41, 5.74) is 1.42. The number of nitrogens with zero attached hydrogens (tertiary/aromatic N) is 6. The average molecular weight is 356 g/mol. The average Bonchev–Trinajstić information content (AvgIpc) is 3.23. The van der Waals surface area contributed by atoms with E-state index in [9.17, 15) is 0 Å². The second-order valence-corrected chi connectivity index (χ2v) is 7.42. The van der Waals surface area contributed by atoms with Crippen molar-refractivity contribution in [2.24, 2.45) is 17.5 Å². The van der Waals surface area contributed by atoms with E-state index < -0.39 is 0 Å². The fourth-order valence-corrected chi connectivity index (χ4v) is 4.07. The van der Waals surface area contributed by atoms with Gasteiger partial charge in [0.05, 0.1) is 18.1 Å². The van der Waals surface area contributed by atoms with Gasteiger partial charge in [-0.3, -0.25) is 9.67 Å². The molecule has 0 radical (unpaired) electrons. The lowest BCUT2D eigenvalue weighted by Crippen LogP contribution is -2.42. The summed E-state index contributed by atoms with van der Waals surface area (Å²) in [6.07, 6.45) is 8.86. The van der Waals surface area contributed by atoms with Crippen molar-refractivity contribution in [3.8, 4) is 0 Å². The van der Waals surface area contributed by atoms with Crippen molar-refractivity contribution in [3.05, 3.63) is 12.5 Å². The first-order valence-corrected chi connectivity index (χ1v) is 9.61. The van der Waals surface area contributed by atoms with Crippen molar-refractivity contribution in [2.75, 3.05) is 38.0 Å². The Balaban J connectivity index is 1.36. The summed E-state index contributed by atoms with van der Waals surface area (Å²) < 4.78 is 1.76. The van der Waals surface area contributed by atoms with E-state index in [0.29, 0.717) is 12.0 Å². The van der Waals surface area contributed by atoms with Gasteiger partial charge in [0.1, 0.15) is 12.1 Å². The van der Waals surface area contributed by atoms with Gasteiger partial charge >= 0.3 is 0 Å². The van der Waals surface area contributed by atoms with E-state index >= 15 is 0 Å². The Morgan fingerprint density at radius 1 is 1.31 bits per heavy atom. The molecule has 2 aromatic heterocycles. The van der Waals surface area contributed by atoms with E-state index in [1.54, 1.807) is 17.2 Å². The second kappa shape index (κ2) is 7.09. The molecular formula is C18H28N8. The highest BCUT2D eigenvalue weighted by molar-refractivity contribution is 5.86. The third-order valence-corrected chi connectivity index (χ3v) is 5.68. The van der Waals surface area contributed by atoms with Crippen molar-refractivity contribution in [2.45, 2.75) is 32.6 Å². The van der Waals surface area contributed by atoms with Crippen LogP contribution in [0.4, 0.5) is 5.82 Å². The van der Waals surface area contributed by atoms with E-state index in [1.165, 1.54) is 25.7 Å². The molecule has 1 spiro atoms. The lowest BCUT2D eigenvalue weighted by atomic mass is 9.68. The molecule has 0 amide bonds. The number of hydrogen-bond donors (Lipinski definition) is 2. The lowest BCUT2D eigenvalue weighted by Gasteiger charge is -2.38. The van der Waals surface area contributed by atoms with Crippen molar-refractivity contribution < 1.29 is 0 Å². The van der Waals surface area contributed by atoms with Gasteiger partial charge in [0.15, 0.2) is 11.6 Å². The van der Waals surface area contributed by atoms with Gasteiger partial charge in [-0.25, -0.2) is 9.97 Å². The van der Waals surface area contributed by atoms with Crippen molar-refractivity contribution in [1.29, 1.82) is 0 Å². The molecule has 2 fully saturated rings. The number of fused-ring (bicyclic) bond motifs is 1. The molecule has 0 unspecified atom stereocenters. The number of aromatic nitrogens is 4. The zero-order chi connectivity index (χ0) is 18.0. The highest BCUT2D eigenvalue weighted by atomic mass is 15.3. The SMILES string of the molecule is CCNC(=NCCNc1ncnc2c1cnn2C)N1CCC2(CCC2)C1. The molecule has 2 N–H and O–H groups in total.